The highest BCUT2D eigenvalue weighted by atomic mass is 32.2. The number of nitrogens with one attached hydrogen (secondary N) is 1. The van der Waals surface area contributed by atoms with E-state index < -0.39 is 0 Å². The summed E-state index contributed by atoms with van der Waals surface area (Å²) in [4.78, 5) is 0. The second kappa shape index (κ2) is 4.95. The molecule has 1 saturated heterocycles. The van der Waals surface area contributed by atoms with E-state index >= 15 is 0 Å². The summed E-state index contributed by atoms with van der Waals surface area (Å²) in [6.45, 7) is 2.69. The van der Waals surface area contributed by atoms with Gasteiger partial charge in [0.15, 0.2) is 0 Å². The van der Waals surface area contributed by atoms with Crippen LogP contribution in [0.2, 0.25) is 0 Å². The van der Waals surface area contributed by atoms with E-state index in [9.17, 15) is 4.39 Å². The van der Waals surface area contributed by atoms with Gasteiger partial charge < -0.3 is 11.1 Å². The largest absolute Gasteiger partial charge is 0.397 e. The van der Waals surface area contributed by atoms with Crippen LogP contribution in [0.5, 0.6) is 0 Å². The average Bonchev–Trinajstić information content (AvgIpc) is 2.74. The number of aryl methyl sites for hydroxylation is 1. The van der Waals surface area contributed by atoms with Gasteiger partial charge in [0, 0.05) is 6.54 Å². The van der Waals surface area contributed by atoms with Crippen molar-refractivity contribution in [1.82, 2.24) is 0 Å². The number of halogens is 1. The number of hydrogen-bond donors (Lipinski definition) is 2. The van der Waals surface area contributed by atoms with Crippen LogP contribution in [0.1, 0.15) is 12.0 Å². The Labute approximate surface area is 99.8 Å². The molecule has 3 N–H and O–H groups in total. The van der Waals surface area contributed by atoms with Gasteiger partial charge in [-0.2, -0.15) is 11.8 Å². The van der Waals surface area contributed by atoms with E-state index in [2.05, 4.69) is 5.32 Å². The van der Waals surface area contributed by atoms with Gasteiger partial charge in [-0.05, 0) is 48.5 Å². The predicted octanol–water partition coefficient (Wildman–Crippen LogP) is 2.88. The first kappa shape index (κ1) is 11.6. The molecule has 1 atom stereocenters. The van der Waals surface area contributed by atoms with Crippen LogP contribution in [0.4, 0.5) is 15.8 Å². The zero-order valence-electron chi connectivity index (χ0n) is 9.42. The summed E-state index contributed by atoms with van der Waals surface area (Å²) in [6, 6.07) is 3.17. The minimum absolute atomic E-state index is 0.237. The minimum Gasteiger partial charge on any atom is -0.397 e. The number of rotatable bonds is 3. The van der Waals surface area contributed by atoms with Gasteiger partial charge in [-0.1, -0.05) is 0 Å². The molecule has 2 nitrogen and oxygen atoms in total. The smallest absolute Gasteiger partial charge is 0.128 e. The zero-order valence-corrected chi connectivity index (χ0v) is 10.2. The van der Waals surface area contributed by atoms with Crippen molar-refractivity contribution in [1.29, 1.82) is 0 Å². The van der Waals surface area contributed by atoms with Crippen LogP contribution < -0.4 is 11.1 Å². The first-order valence-electron chi connectivity index (χ1n) is 5.54. The maximum Gasteiger partial charge on any atom is 0.128 e. The van der Waals surface area contributed by atoms with Crippen molar-refractivity contribution in [2.24, 2.45) is 5.92 Å². The van der Waals surface area contributed by atoms with Crippen molar-refractivity contribution in [3.05, 3.63) is 23.5 Å². The minimum atomic E-state index is -0.237. The summed E-state index contributed by atoms with van der Waals surface area (Å²) in [5.41, 5.74) is 7.76. The van der Waals surface area contributed by atoms with Gasteiger partial charge in [-0.25, -0.2) is 4.39 Å². The number of nitrogen functional groups attached to an aromatic ring is 1. The molecular weight excluding hydrogens is 223 g/mol. The van der Waals surface area contributed by atoms with Crippen LogP contribution in [0, 0.1) is 18.7 Å². The number of anilines is 2. The molecule has 0 amide bonds. The van der Waals surface area contributed by atoms with Crippen LogP contribution in [-0.2, 0) is 0 Å². The first-order chi connectivity index (χ1) is 7.66. The fourth-order valence-electron chi connectivity index (χ4n) is 1.85. The molecule has 0 bridgehead atoms. The maximum atomic E-state index is 13.2. The molecule has 1 aliphatic heterocycles. The number of benzene rings is 1. The summed E-state index contributed by atoms with van der Waals surface area (Å²) in [5.74, 6) is 2.95. The Bertz CT molecular complexity index is 376. The average molecular weight is 240 g/mol. The summed E-state index contributed by atoms with van der Waals surface area (Å²) in [6.07, 6.45) is 1.26. The third kappa shape index (κ3) is 2.61. The standard InChI is InChI=1S/C12H17FN2S/c1-8-4-12(11(14)5-10(8)13)15-6-9-2-3-16-7-9/h4-5,9,15H,2-3,6-7,14H2,1H3. The molecule has 4 heteroatoms. The number of hydrogen-bond acceptors (Lipinski definition) is 3. The van der Waals surface area contributed by atoms with Gasteiger partial charge in [0.1, 0.15) is 5.82 Å². The highest BCUT2D eigenvalue weighted by molar-refractivity contribution is 7.99. The molecule has 0 radical (unpaired) electrons. The lowest BCUT2D eigenvalue weighted by atomic mass is 10.1. The molecule has 16 heavy (non-hydrogen) atoms. The Hall–Kier alpha value is -0.900. The molecule has 88 valence electrons. The van der Waals surface area contributed by atoms with Crippen LogP contribution in [0.25, 0.3) is 0 Å². The Morgan fingerprint density at radius 3 is 3.06 bits per heavy atom. The Morgan fingerprint density at radius 2 is 2.38 bits per heavy atom. The second-order valence-corrected chi connectivity index (χ2v) is 5.45. The molecule has 0 aromatic heterocycles. The molecule has 1 fully saturated rings. The molecule has 1 aliphatic rings. The fraction of sp³-hybridized carbons (Fsp3) is 0.500. The van der Waals surface area contributed by atoms with E-state index in [-0.39, 0.29) is 5.82 Å². The van der Waals surface area contributed by atoms with Crippen LogP contribution in [-0.4, -0.2) is 18.1 Å². The fourth-order valence-corrected chi connectivity index (χ4v) is 3.13. The molecule has 1 aromatic rings. The molecule has 1 aromatic carbocycles. The third-order valence-corrected chi connectivity index (χ3v) is 4.17. The van der Waals surface area contributed by atoms with E-state index in [0.29, 0.717) is 11.3 Å². The van der Waals surface area contributed by atoms with Crippen LogP contribution >= 0.6 is 11.8 Å². The molecule has 0 saturated carbocycles. The van der Waals surface area contributed by atoms with E-state index in [1.165, 1.54) is 24.0 Å². The Kier molecular flexibility index (Phi) is 3.59. The van der Waals surface area contributed by atoms with E-state index in [4.69, 9.17) is 5.73 Å². The normalized spacial score (nSPS) is 20.0. The van der Waals surface area contributed by atoms with Crippen molar-refractivity contribution < 1.29 is 4.39 Å². The second-order valence-electron chi connectivity index (χ2n) is 4.30. The summed E-state index contributed by atoms with van der Waals surface area (Å²) >= 11 is 2.00. The van der Waals surface area contributed by atoms with Crippen LogP contribution in [0.3, 0.4) is 0 Å². The monoisotopic (exact) mass is 240 g/mol. The lowest BCUT2D eigenvalue weighted by molar-refractivity contribution is 0.618. The summed E-state index contributed by atoms with van der Waals surface area (Å²) in [5, 5.41) is 3.32. The van der Waals surface area contributed by atoms with Crippen molar-refractivity contribution in [3.63, 3.8) is 0 Å². The molecule has 1 heterocycles. The van der Waals surface area contributed by atoms with Gasteiger partial charge in [-0.15, -0.1) is 0 Å². The van der Waals surface area contributed by atoms with Gasteiger partial charge >= 0.3 is 0 Å². The number of thioether (sulfide) groups is 1. The SMILES string of the molecule is Cc1cc(NCC2CCSC2)c(N)cc1F. The van der Waals surface area contributed by atoms with E-state index in [1.54, 1.807) is 13.0 Å². The first-order valence-corrected chi connectivity index (χ1v) is 6.69. The Balaban J connectivity index is 2.00. The lowest BCUT2D eigenvalue weighted by Crippen LogP contribution is -2.14. The van der Waals surface area contributed by atoms with Gasteiger partial charge in [0.25, 0.3) is 0 Å². The highest BCUT2D eigenvalue weighted by Gasteiger charge is 2.15. The maximum absolute atomic E-state index is 13.2. The number of nitrogens with two attached hydrogens (primary N) is 1. The topological polar surface area (TPSA) is 38.0 Å². The quantitative estimate of drug-likeness (QED) is 0.798. The van der Waals surface area contributed by atoms with Crippen molar-refractivity contribution in [3.8, 4) is 0 Å². The van der Waals surface area contributed by atoms with Crippen LogP contribution in [0.15, 0.2) is 12.1 Å². The lowest BCUT2D eigenvalue weighted by Gasteiger charge is -2.14. The molecule has 1 unspecified atom stereocenters. The van der Waals surface area contributed by atoms with Crippen molar-refractivity contribution >= 4 is 23.1 Å². The summed E-state index contributed by atoms with van der Waals surface area (Å²) in [7, 11) is 0. The van der Waals surface area contributed by atoms with Crippen molar-refractivity contribution in [2.45, 2.75) is 13.3 Å². The summed E-state index contributed by atoms with van der Waals surface area (Å²) < 4.78 is 13.2. The molecule has 0 spiro atoms. The van der Waals surface area contributed by atoms with E-state index in [0.717, 1.165) is 18.2 Å². The highest BCUT2D eigenvalue weighted by Crippen LogP contribution is 2.26. The molecular formula is C12H17FN2S. The molecule has 2 rings (SSSR count). The van der Waals surface area contributed by atoms with E-state index in [1.807, 2.05) is 11.8 Å². The predicted molar refractivity (Wildman–Crippen MR) is 69.5 cm³/mol. The molecule has 0 aliphatic carbocycles. The van der Waals surface area contributed by atoms with Gasteiger partial charge in [-0.3, -0.25) is 0 Å². The van der Waals surface area contributed by atoms with Gasteiger partial charge in [0.05, 0.1) is 11.4 Å². The Morgan fingerprint density at radius 1 is 1.56 bits per heavy atom. The van der Waals surface area contributed by atoms with Gasteiger partial charge in [0.2, 0.25) is 0 Å². The zero-order chi connectivity index (χ0) is 11.5. The van der Waals surface area contributed by atoms with Crippen molar-refractivity contribution in [2.75, 3.05) is 29.1 Å². The third-order valence-electron chi connectivity index (χ3n) is 2.94.